The van der Waals surface area contributed by atoms with Gasteiger partial charge in [0.1, 0.15) is 23.8 Å². The fraction of sp³-hybridized carbons (Fsp3) is 0.300. The molecule has 0 spiro atoms. The molecular formula is C20H19F2NO3. The van der Waals surface area contributed by atoms with Crippen LogP contribution in [0.15, 0.2) is 24.3 Å². The van der Waals surface area contributed by atoms with E-state index in [1.54, 1.807) is 39.8 Å². The normalized spacial score (nSPS) is 11.0. The number of ether oxygens (including phenoxy) is 2. The number of nitrogens with zero attached hydrogens (tertiary/aromatic N) is 1. The quantitative estimate of drug-likeness (QED) is 0.607. The third kappa shape index (κ3) is 4.79. The maximum absolute atomic E-state index is 14.3. The third-order valence-electron chi connectivity index (χ3n) is 3.28. The minimum absolute atomic E-state index is 0.113. The van der Waals surface area contributed by atoms with Gasteiger partial charge in [0.25, 0.3) is 0 Å². The number of aromatic nitrogens is 1. The highest BCUT2D eigenvalue weighted by Gasteiger charge is 2.21. The lowest BCUT2D eigenvalue weighted by Gasteiger charge is -2.19. The summed E-state index contributed by atoms with van der Waals surface area (Å²) in [6.45, 7) is 6.31. The number of hydrogen-bond acceptors (Lipinski definition) is 4. The largest absolute Gasteiger partial charge is 0.472 e. The summed E-state index contributed by atoms with van der Waals surface area (Å²) in [6.07, 6.45) is 5.36. The number of aryl methyl sites for hydroxylation is 1. The van der Waals surface area contributed by atoms with E-state index in [-0.39, 0.29) is 17.0 Å². The van der Waals surface area contributed by atoms with Gasteiger partial charge in [-0.2, -0.15) is 0 Å². The summed E-state index contributed by atoms with van der Waals surface area (Å²) in [4.78, 5) is 16.1. The van der Waals surface area contributed by atoms with Gasteiger partial charge in [0.2, 0.25) is 5.88 Å². The molecule has 0 atom stereocenters. The lowest BCUT2D eigenvalue weighted by Crippen LogP contribution is -2.24. The first-order valence-corrected chi connectivity index (χ1v) is 7.89. The molecule has 0 unspecified atom stereocenters. The molecule has 26 heavy (non-hydrogen) atoms. The molecule has 0 radical (unpaired) electrons. The van der Waals surface area contributed by atoms with Crippen molar-refractivity contribution in [2.24, 2.45) is 0 Å². The van der Waals surface area contributed by atoms with Gasteiger partial charge >= 0.3 is 5.97 Å². The van der Waals surface area contributed by atoms with Gasteiger partial charge in [-0.15, -0.1) is 6.42 Å². The zero-order valence-corrected chi connectivity index (χ0v) is 15.0. The maximum Gasteiger partial charge on any atom is 0.338 e. The van der Waals surface area contributed by atoms with Crippen molar-refractivity contribution in [2.45, 2.75) is 39.9 Å². The van der Waals surface area contributed by atoms with Crippen molar-refractivity contribution in [1.82, 2.24) is 4.98 Å². The Hall–Kier alpha value is -2.94. The van der Waals surface area contributed by atoms with Gasteiger partial charge in [0.05, 0.1) is 16.7 Å². The van der Waals surface area contributed by atoms with Crippen molar-refractivity contribution >= 4 is 5.97 Å². The number of halogens is 2. The molecule has 0 bridgehead atoms. The second kappa shape index (κ2) is 7.52. The maximum atomic E-state index is 14.3. The topological polar surface area (TPSA) is 48.4 Å². The number of pyridine rings is 1. The van der Waals surface area contributed by atoms with Gasteiger partial charge in [-0.3, -0.25) is 0 Å². The average Bonchev–Trinajstić information content (AvgIpc) is 2.52. The van der Waals surface area contributed by atoms with Crippen LogP contribution < -0.4 is 4.74 Å². The van der Waals surface area contributed by atoms with Gasteiger partial charge < -0.3 is 9.47 Å². The minimum atomic E-state index is -0.916. The van der Waals surface area contributed by atoms with Gasteiger partial charge in [0.15, 0.2) is 0 Å². The number of carbonyl (C=O) groups excluding carboxylic acids is 1. The Morgan fingerprint density at radius 2 is 1.85 bits per heavy atom. The molecule has 2 rings (SSSR count). The number of benzene rings is 1. The van der Waals surface area contributed by atoms with E-state index in [4.69, 9.17) is 15.9 Å². The van der Waals surface area contributed by atoms with Crippen LogP contribution in [0.5, 0.6) is 5.88 Å². The lowest BCUT2D eigenvalue weighted by atomic mass is 10.1. The zero-order chi connectivity index (χ0) is 19.5. The van der Waals surface area contributed by atoms with Gasteiger partial charge in [-0.1, -0.05) is 5.92 Å². The van der Waals surface area contributed by atoms with Crippen molar-refractivity contribution in [3.8, 4) is 18.2 Å². The Morgan fingerprint density at radius 3 is 2.38 bits per heavy atom. The Kier molecular flexibility index (Phi) is 5.61. The zero-order valence-electron chi connectivity index (χ0n) is 15.0. The SMILES string of the molecule is C#Cc1ccc(C)nc1OCc1c(F)cc(C(=O)OC(C)(C)C)cc1F. The summed E-state index contributed by atoms with van der Waals surface area (Å²) < 4.78 is 39.1. The summed E-state index contributed by atoms with van der Waals surface area (Å²) in [5.41, 5.74) is -0.281. The molecule has 0 N–H and O–H groups in total. The molecule has 1 heterocycles. The molecule has 136 valence electrons. The molecule has 0 saturated heterocycles. The molecule has 0 saturated carbocycles. The van der Waals surface area contributed by atoms with Crippen LogP contribution in [0.1, 0.15) is 48.0 Å². The molecule has 0 aliphatic rings. The first-order chi connectivity index (χ1) is 12.1. The van der Waals surface area contributed by atoms with E-state index in [1.165, 1.54) is 0 Å². The fourth-order valence-electron chi connectivity index (χ4n) is 2.09. The summed E-state index contributed by atoms with van der Waals surface area (Å²) in [6, 6.07) is 5.18. The summed E-state index contributed by atoms with van der Waals surface area (Å²) in [7, 11) is 0. The number of rotatable bonds is 4. The standard InChI is InChI=1S/C20H19F2NO3/c1-6-13-8-7-12(2)23-18(13)25-11-15-16(21)9-14(10-17(15)22)19(24)26-20(3,4)5/h1,7-10H,11H2,2-5H3. The molecule has 0 amide bonds. The second-order valence-corrected chi connectivity index (χ2v) is 6.66. The van der Waals surface area contributed by atoms with Crippen molar-refractivity contribution in [1.29, 1.82) is 0 Å². The molecule has 1 aromatic heterocycles. The van der Waals surface area contributed by atoms with Gasteiger partial charge in [0, 0.05) is 5.69 Å². The van der Waals surface area contributed by atoms with E-state index >= 15 is 0 Å². The Bertz CT molecular complexity index is 857. The molecule has 1 aromatic carbocycles. The number of carbonyl (C=O) groups is 1. The monoisotopic (exact) mass is 359 g/mol. The number of hydrogen-bond donors (Lipinski definition) is 0. The van der Waals surface area contributed by atoms with Crippen LogP contribution in [0, 0.1) is 30.9 Å². The first kappa shape index (κ1) is 19.4. The molecule has 4 nitrogen and oxygen atoms in total. The van der Waals surface area contributed by atoms with E-state index in [0.717, 1.165) is 12.1 Å². The highest BCUT2D eigenvalue weighted by atomic mass is 19.1. The minimum Gasteiger partial charge on any atom is -0.472 e. The van der Waals surface area contributed by atoms with Crippen LogP contribution in [0.4, 0.5) is 8.78 Å². The van der Waals surface area contributed by atoms with Crippen LogP contribution in [0.3, 0.4) is 0 Å². The Morgan fingerprint density at radius 1 is 1.23 bits per heavy atom. The molecule has 2 aromatic rings. The highest BCUT2D eigenvalue weighted by Crippen LogP contribution is 2.22. The van der Waals surface area contributed by atoms with Gasteiger partial charge in [-0.25, -0.2) is 18.6 Å². The fourth-order valence-corrected chi connectivity index (χ4v) is 2.09. The molecule has 6 heteroatoms. The highest BCUT2D eigenvalue weighted by molar-refractivity contribution is 5.89. The van der Waals surface area contributed by atoms with Crippen LogP contribution in [0.25, 0.3) is 0 Å². The second-order valence-electron chi connectivity index (χ2n) is 6.66. The third-order valence-corrected chi connectivity index (χ3v) is 3.28. The molecular weight excluding hydrogens is 340 g/mol. The summed E-state index contributed by atoms with van der Waals surface area (Å²) in [5, 5.41) is 0. The van der Waals surface area contributed by atoms with Crippen molar-refractivity contribution in [3.05, 3.63) is 58.3 Å². The summed E-state index contributed by atoms with van der Waals surface area (Å²) >= 11 is 0. The van der Waals surface area contributed by atoms with Crippen molar-refractivity contribution < 1.29 is 23.0 Å². The average molecular weight is 359 g/mol. The van der Waals surface area contributed by atoms with Crippen LogP contribution >= 0.6 is 0 Å². The molecule has 0 aliphatic heterocycles. The molecule has 0 fully saturated rings. The van der Waals surface area contributed by atoms with E-state index < -0.39 is 29.8 Å². The summed E-state index contributed by atoms with van der Waals surface area (Å²) in [5.74, 6) is -0.128. The van der Waals surface area contributed by atoms with Crippen molar-refractivity contribution in [2.75, 3.05) is 0 Å². The van der Waals surface area contributed by atoms with E-state index in [0.29, 0.717) is 11.3 Å². The Balaban J connectivity index is 2.23. The van der Waals surface area contributed by atoms with Crippen LogP contribution in [-0.2, 0) is 11.3 Å². The van der Waals surface area contributed by atoms with E-state index in [9.17, 15) is 13.6 Å². The van der Waals surface area contributed by atoms with Crippen molar-refractivity contribution in [3.63, 3.8) is 0 Å². The smallest absolute Gasteiger partial charge is 0.338 e. The number of esters is 1. The van der Waals surface area contributed by atoms with E-state index in [2.05, 4.69) is 10.9 Å². The lowest BCUT2D eigenvalue weighted by molar-refractivity contribution is 0.00683. The molecule has 0 aliphatic carbocycles. The first-order valence-electron chi connectivity index (χ1n) is 7.89. The van der Waals surface area contributed by atoms with Crippen LogP contribution in [-0.4, -0.2) is 16.6 Å². The predicted octanol–water partition coefficient (Wildman–Crippen LogP) is 4.18. The number of terminal acetylenes is 1. The predicted molar refractivity (Wildman–Crippen MR) is 92.8 cm³/mol. The Labute approximate surface area is 151 Å². The van der Waals surface area contributed by atoms with Crippen LogP contribution in [0.2, 0.25) is 0 Å². The van der Waals surface area contributed by atoms with E-state index in [1.807, 2.05) is 0 Å². The van der Waals surface area contributed by atoms with Gasteiger partial charge in [-0.05, 0) is 52.0 Å².